The standard InChI is InChI=1S/C27H30ClN3O5S/c1-19-24(28)14-9-15-25(19)31(37(34,35)23-12-6-5-7-13-23)18-26(32)30(20(2)27(33)29-3)17-21-10-8-11-22(16-21)36-4/h5-16,20H,17-18H2,1-4H3,(H,29,33). The van der Waals surface area contributed by atoms with Gasteiger partial charge in [0.1, 0.15) is 18.3 Å². The molecule has 0 heterocycles. The van der Waals surface area contributed by atoms with E-state index in [2.05, 4.69) is 5.32 Å². The number of likely N-dealkylation sites (N-methyl/N-ethyl adjacent to an activating group) is 1. The summed E-state index contributed by atoms with van der Waals surface area (Å²) in [5, 5.41) is 2.93. The monoisotopic (exact) mass is 543 g/mol. The van der Waals surface area contributed by atoms with Gasteiger partial charge in [0.05, 0.1) is 17.7 Å². The smallest absolute Gasteiger partial charge is 0.264 e. The molecule has 0 spiro atoms. The minimum atomic E-state index is -4.15. The lowest BCUT2D eigenvalue weighted by Crippen LogP contribution is -2.50. The van der Waals surface area contributed by atoms with Crippen molar-refractivity contribution in [2.45, 2.75) is 31.3 Å². The summed E-state index contributed by atoms with van der Waals surface area (Å²) < 4.78 is 33.9. The quantitative estimate of drug-likeness (QED) is 0.417. The average Bonchev–Trinajstić information content (AvgIpc) is 2.91. The first kappa shape index (κ1) is 28.0. The topological polar surface area (TPSA) is 96.0 Å². The number of hydrogen-bond donors (Lipinski definition) is 1. The first-order valence-corrected chi connectivity index (χ1v) is 13.4. The van der Waals surface area contributed by atoms with Crippen molar-refractivity contribution in [2.24, 2.45) is 0 Å². The van der Waals surface area contributed by atoms with Crippen LogP contribution in [0.25, 0.3) is 0 Å². The lowest BCUT2D eigenvalue weighted by Gasteiger charge is -2.32. The van der Waals surface area contributed by atoms with Crippen LogP contribution in [0.15, 0.2) is 77.7 Å². The van der Waals surface area contributed by atoms with Crippen molar-refractivity contribution in [1.82, 2.24) is 10.2 Å². The largest absolute Gasteiger partial charge is 0.497 e. The maximum absolute atomic E-state index is 13.8. The molecule has 0 aliphatic carbocycles. The highest BCUT2D eigenvalue weighted by Gasteiger charge is 2.33. The van der Waals surface area contributed by atoms with Crippen molar-refractivity contribution >= 4 is 39.1 Å². The van der Waals surface area contributed by atoms with Crippen molar-refractivity contribution < 1.29 is 22.7 Å². The molecule has 0 fully saturated rings. The van der Waals surface area contributed by atoms with Crippen LogP contribution in [-0.4, -0.2) is 51.9 Å². The Bertz CT molecular complexity index is 1370. The van der Waals surface area contributed by atoms with E-state index >= 15 is 0 Å². The number of methoxy groups -OCH3 is 1. The summed E-state index contributed by atoms with van der Waals surface area (Å²) >= 11 is 6.32. The fourth-order valence-electron chi connectivity index (χ4n) is 3.86. The number of halogens is 1. The van der Waals surface area contributed by atoms with E-state index in [0.29, 0.717) is 16.3 Å². The predicted molar refractivity (Wildman–Crippen MR) is 144 cm³/mol. The molecule has 10 heteroatoms. The number of rotatable bonds is 10. The normalized spacial score (nSPS) is 11.9. The number of amides is 2. The fourth-order valence-corrected chi connectivity index (χ4v) is 5.52. The SMILES string of the molecule is CNC(=O)C(C)N(Cc1cccc(OC)c1)C(=O)CN(c1cccc(Cl)c1C)S(=O)(=O)c1ccccc1. The molecular formula is C27H30ClN3O5S. The number of carbonyl (C=O) groups is 2. The molecule has 0 radical (unpaired) electrons. The maximum atomic E-state index is 13.8. The number of hydrogen-bond acceptors (Lipinski definition) is 5. The van der Waals surface area contributed by atoms with Crippen LogP contribution in [0.4, 0.5) is 5.69 Å². The molecule has 0 saturated heterocycles. The molecule has 1 N–H and O–H groups in total. The van der Waals surface area contributed by atoms with Crippen molar-refractivity contribution in [2.75, 3.05) is 25.0 Å². The number of carbonyl (C=O) groups excluding carboxylic acids is 2. The van der Waals surface area contributed by atoms with Gasteiger partial charge in [-0.3, -0.25) is 13.9 Å². The molecule has 196 valence electrons. The summed E-state index contributed by atoms with van der Waals surface area (Å²) in [7, 11) is -1.13. The molecule has 1 atom stereocenters. The minimum Gasteiger partial charge on any atom is -0.497 e. The number of anilines is 1. The zero-order valence-electron chi connectivity index (χ0n) is 21.1. The van der Waals surface area contributed by atoms with Gasteiger partial charge >= 0.3 is 0 Å². The predicted octanol–water partition coefficient (Wildman–Crippen LogP) is 4.02. The van der Waals surface area contributed by atoms with Gasteiger partial charge in [0.25, 0.3) is 10.0 Å². The number of benzene rings is 3. The summed E-state index contributed by atoms with van der Waals surface area (Å²) in [6.07, 6.45) is 0. The van der Waals surface area contributed by atoms with E-state index in [1.165, 1.54) is 31.2 Å². The van der Waals surface area contributed by atoms with Gasteiger partial charge in [-0.25, -0.2) is 8.42 Å². The first-order valence-electron chi connectivity index (χ1n) is 11.6. The van der Waals surface area contributed by atoms with E-state index in [0.717, 1.165) is 9.87 Å². The second-order valence-electron chi connectivity index (χ2n) is 8.37. The lowest BCUT2D eigenvalue weighted by atomic mass is 10.1. The Kier molecular flexibility index (Phi) is 9.18. The highest BCUT2D eigenvalue weighted by atomic mass is 35.5. The number of ether oxygens (including phenoxy) is 1. The second kappa shape index (κ2) is 12.1. The molecule has 0 aliphatic heterocycles. The summed E-state index contributed by atoms with van der Waals surface area (Å²) in [5.74, 6) is -0.342. The third kappa shape index (κ3) is 6.42. The van der Waals surface area contributed by atoms with Crippen LogP contribution in [0, 0.1) is 6.92 Å². The van der Waals surface area contributed by atoms with Crippen molar-refractivity contribution in [3.63, 3.8) is 0 Å². The molecule has 1 unspecified atom stereocenters. The van der Waals surface area contributed by atoms with Crippen molar-refractivity contribution in [3.05, 3.63) is 88.9 Å². The van der Waals surface area contributed by atoms with E-state index in [1.807, 2.05) is 0 Å². The molecular weight excluding hydrogens is 514 g/mol. The van der Waals surface area contributed by atoms with Crippen LogP contribution in [0.5, 0.6) is 5.75 Å². The summed E-state index contributed by atoms with van der Waals surface area (Å²) in [6.45, 7) is 2.82. The summed E-state index contributed by atoms with van der Waals surface area (Å²) in [4.78, 5) is 27.7. The van der Waals surface area contributed by atoms with E-state index in [4.69, 9.17) is 16.3 Å². The molecule has 0 saturated carbocycles. The second-order valence-corrected chi connectivity index (χ2v) is 10.6. The molecule has 0 bridgehead atoms. The molecule has 3 aromatic carbocycles. The zero-order valence-corrected chi connectivity index (χ0v) is 22.7. The Balaban J connectivity index is 2.07. The van der Waals surface area contributed by atoms with Crippen LogP contribution in [-0.2, 0) is 26.2 Å². The third-order valence-electron chi connectivity index (χ3n) is 6.02. The maximum Gasteiger partial charge on any atom is 0.264 e. The van der Waals surface area contributed by atoms with Gasteiger partial charge in [-0.2, -0.15) is 0 Å². The van der Waals surface area contributed by atoms with Crippen LogP contribution >= 0.6 is 11.6 Å². The molecule has 3 rings (SSSR count). The Morgan fingerprint density at radius 1 is 1.03 bits per heavy atom. The Morgan fingerprint density at radius 2 is 1.70 bits per heavy atom. The highest BCUT2D eigenvalue weighted by molar-refractivity contribution is 7.92. The number of nitrogens with zero attached hydrogens (tertiary/aromatic N) is 2. The molecule has 3 aromatic rings. The van der Waals surface area contributed by atoms with Gasteiger partial charge < -0.3 is 15.0 Å². The summed E-state index contributed by atoms with van der Waals surface area (Å²) in [6, 6.07) is 19.0. The van der Waals surface area contributed by atoms with E-state index in [1.54, 1.807) is 74.5 Å². The van der Waals surface area contributed by atoms with E-state index < -0.39 is 28.5 Å². The van der Waals surface area contributed by atoms with Gasteiger partial charge in [0.15, 0.2) is 0 Å². The molecule has 37 heavy (non-hydrogen) atoms. The number of nitrogens with one attached hydrogen (secondary N) is 1. The molecule has 8 nitrogen and oxygen atoms in total. The van der Waals surface area contributed by atoms with Crippen LogP contribution in [0.2, 0.25) is 5.02 Å². The van der Waals surface area contributed by atoms with Crippen molar-refractivity contribution in [3.8, 4) is 5.75 Å². The average molecular weight is 544 g/mol. The molecule has 0 aliphatic rings. The van der Waals surface area contributed by atoms with Gasteiger partial charge in [0.2, 0.25) is 11.8 Å². The first-order chi connectivity index (χ1) is 17.6. The van der Waals surface area contributed by atoms with E-state index in [-0.39, 0.29) is 23.0 Å². The van der Waals surface area contributed by atoms with Crippen LogP contribution < -0.4 is 14.4 Å². The highest BCUT2D eigenvalue weighted by Crippen LogP contribution is 2.31. The van der Waals surface area contributed by atoms with Crippen LogP contribution in [0.1, 0.15) is 18.1 Å². The Labute approximate surface area is 222 Å². The van der Waals surface area contributed by atoms with Crippen molar-refractivity contribution in [1.29, 1.82) is 0 Å². The van der Waals surface area contributed by atoms with Gasteiger partial charge in [-0.15, -0.1) is 0 Å². The van der Waals surface area contributed by atoms with Crippen LogP contribution in [0.3, 0.4) is 0 Å². The lowest BCUT2D eigenvalue weighted by molar-refractivity contribution is -0.139. The van der Waals surface area contributed by atoms with E-state index in [9.17, 15) is 18.0 Å². The Morgan fingerprint density at radius 3 is 2.35 bits per heavy atom. The number of sulfonamides is 1. The minimum absolute atomic E-state index is 0.0286. The zero-order chi connectivity index (χ0) is 27.2. The van der Waals surface area contributed by atoms with Gasteiger partial charge in [-0.05, 0) is 61.4 Å². The van der Waals surface area contributed by atoms with Gasteiger partial charge in [0, 0.05) is 18.6 Å². The Hall–Kier alpha value is -3.56. The van der Waals surface area contributed by atoms with Gasteiger partial charge in [-0.1, -0.05) is 48.0 Å². The third-order valence-corrected chi connectivity index (χ3v) is 8.20. The molecule has 2 amide bonds. The fraction of sp³-hybridized carbons (Fsp3) is 0.259. The molecule has 0 aromatic heterocycles. The summed E-state index contributed by atoms with van der Waals surface area (Å²) in [5.41, 5.74) is 1.51.